The van der Waals surface area contributed by atoms with Gasteiger partial charge in [-0.2, -0.15) is 0 Å². The van der Waals surface area contributed by atoms with Crippen LogP contribution < -0.4 is 5.73 Å². The lowest BCUT2D eigenvalue weighted by Crippen LogP contribution is -2.10. The summed E-state index contributed by atoms with van der Waals surface area (Å²) in [6, 6.07) is 0. The number of carbonyl (C=O) groups excluding carboxylic acids is 1. The van der Waals surface area contributed by atoms with Gasteiger partial charge in [-0.1, -0.05) is 5.57 Å². The summed E-state index contributed by atoms with van der Waals surface area (Å²) in [7, 11) is 0. The predicted molar refractivity (Wildman–Crippen MR) is 42.2 cm³/mol. The predicted octanol–water partition coefficient (Wildman–Crippen LogP) is 0.181. The molecule has 0 aliphatic rings. The highest BCUT2D eigenvalue weighted by molar-refractivity contribution is 5.68. The summed E-state index contributed by atoms with van der Waals surface area (Å²) in [5, 5.41) is 7.60. The van der Waals surface area contributed by atoms with Gasteiger partial charge >= 0.3 is 5.97 Å². The lowest BCUT2D eigenvalue weighted by atomic mass is 10.3. The Morgan fingerprint density at radius 2 is 1.91 bits per heavy atom. The van der Waals surface area contributed by atoms with Gasteiger partial charge < -0.3 is 10.8 Å². The topological polar surface area (TPSA) is 80.4 Å². The molecule has 0 amide bonds. The Morgan fingerprint density at radius 3 is 1.91 bits per heavy atom. The van der Waals surface area contributed by atoms with E-state index >= 15 is 0 Å². The van der Waals surface area contributed by atoms with E-state index in [1.54, 1.807) is 0 Å². The largest absolute Gasteiger partial charge is 0.480 e. The van der Waals surface area contributed by atoms with E-state index < -0.39 is 5.97 Å². The smallest absolute Gasteiger partial charge is 0.317 e. The summed E-state index contributed by atoms with van der Waals surface area (Å²) in [4.78, 5) is 18.8. The quantitative estimate of drug-likeness (QED) is 0.445. The molecule has 4 nitrogen and oxygen atoms in total. The van der Waals surface area contributed by atoms with E-state index in [0.29, 0.717) is 0 Å². The maximum absolute atomic E-state index is 9.54. The zero-order valence-electron chi connectivity index (χ0n) is 6.70. The number of aldehydes is 1. The Hall–Kier alpha value is -1.16. The van der Waals surface area contributed by atoms with Gasteiger partial charge in [0.25, 0.3) is 0 Å². The van der Waals surface area contributed by atoms with Crippen LogP contribution in [0.4, 0.5) is 0 Å². The average Bonchev–Trinajstić information content (AvgIpc) is 1.89. The Labute approximate surface area is 65.7 Å². The van der Waals surface area contributed by atoms with Crippen molar-refractivity contribution in [3.8, 4) is 0 Å². The van der Waals surface area contributed by atoms with Gasteiger partial charge in [0.2, 0.25) is 0 Å². The summed E-state index contributed by atoms with van der Waals surface area (Å²) >= 11 is 0. The number of nitrogens with two attached hydrogens (primary N) is 1. The second kappa shape index (κ2) is 8.84. The molecule has 0 rings (SSSR count). The molecule has 0 radical (unpaired) electrons. The second-order valence-corrected chi connectivity index (χ2v) is 1.98. The first-order chi connectivity index (χ1) is 5.04. The highest BCUT2D eigenvalue weighted by Gasteiger charge is 1.81. The molecule has 0 heterocycles. The van der Waals surface area contributed by atoms with E-state index in [9.17, 15) is 9.59 Å². The molecule has 0 spiro atoms. The Balaban J connectivity index is 0. The van der Waals surface area contributed by atoms with Crippen molar-refractivity contribution in [3.05, 3.63) is 11.6 Å². The molecule has 0 aromatic heterocycles. The van der Waals surface area contributed by atoms with Gasteiger partial charge in [-0.05, 0) is 19.9 Å². The normalized spacial score (nSPS) is 7.18. The lowest BCUT2D eigenvalue weighted by Gasteiger charge is -1.73. The first kappa shape index (κ1) is 12.5. The summed E-state index contributed by atoms with van der Waals surface area (Å²) in [5.41, 5.74) is 5.62. The van der Waals surface area contributed by atoms with E-state index in [2.05, 4.69) is 5.73 Å². The van der Waals surface area contributed by atoms with E-state index in [-0.39, 0.29) is 6.54 Å². The fourth-order valence-corrected chi connectivity index (χ4v) is 0.136. The Morgan fingerprint density at radius 1 is 1.55 bits per heavy atom. The van der Waals surface area contributed by atoms with Gasteiger partial charge in [0, 0.05) is 0 Å². The van der Waals surface area contributed by atoms with Crippen molar-refractivity contribution in [1.82, 2.24) is 0 Å². The molecule has 0 unspecified atom stereocenters. The van der Waals surface area contributed by atoms with Crippen LogP contribution in [0.3, 0.4) is 0 Å². The fourth-order valence-electron chi connectivity index (χ4n) is 0.136. The van der Waals surface area contributed by atoms with Gasteiger partial charge in [-0.25, -0.2) is 0 Å². The van der Waals surface area contributed by atoms with Crippen molar-refractivity contribution in [1.29, 1.82) is 0 Å². The van der Waals surface area contributed by atoms with Crippen molar-refractivity contribution in [2.24, 2.45) is 5.73 Å². The minimum atomic E-state index is -0.968. The molecule has 0 bridgehead atoms. The van der Waals surface area contributed by atoms with Crippen LogP contribution in [0, 0.1) is 0 Å². The highest BCUT2D eigenvalue weighted by Crippen LogP contribution is 1.81. The monoisotopic (exact) mass is 159 g/mol. The third kappa shape index (κ3) is 28.0. The van der Waals surface area contributed by atoms with Crippen molar-refractivity contribution in [3.63, 3.8) is 0 Å². The van der Waals surface area contributed by atoms with Crippen molar-refractivity contribution in [2.45, 2.75) is 13.8 Å². The first-order valence-corrected chi connectivity index (χ1v) is 3.05. The molecule has 64 valence electrons. The van der Waals surface area contributed by atoms with Crippen molar-refractivity contribution < 1.29 is 14.7 Å². The molecule has 4 heteroatoms. The van der Waals surface area contributed by atoms with Crippen LogP contribution in [0.5, 0.6) is 0 Å². The molecule has 0 aliphatic heterocycles. The molecule has 0 atom stereocenters. The van der Waals surface area contributed by atoms with E-state index in [1.807, 2.05) is 13.8 Å². The molecule has 3 N–H and O–H groups in total. The molecule has 0 aromatic rings. The average molecular weight is 159 g/mol. The zero-order valence-corrected chi connectivity index (χ0v) is 6.70. The van der Waals surface area contributed by atoms with Crippen molar-refractivity contribution in [2.75, 3.05) is 6.54 Å². The molecule has 11 heavy (non-hydrogen) atoms. The SMILES string of the molecule is CC(C)=CC=O.NCC(=O)O. The van der Waals surface area contributed by atoms with Crippen LogP contribution in [-0.4, -0.2) is 23.9 Å². The third-order valence-corrected chi connectivity index (χ3v) is 0.576. The number of hydrogen-bond acceptors (Lipinski definition) is 3. The zero-order chi connectivity index (χ0) is 9.28. The number of allylic oxidation sites excluding steroid dienone is 2. The summed E-state index contributed by atoms with van der Waals surface area (Å²) in [6.45, 7) is 3.49. The Kier molecular flexibility index (Phi) is 10.1. The summed E-state index contributed by atoms with van der Waals surface area (Å²) in [5.74, 6) is -0.968. The van der Waals surface area contributed by atoms with Gasteiger partial charge in [-0.3, -0.25) is 9.59 Å². The van der Waals surface area contributed by atoms with Gasteiger partial charge in [-0.15, -0.1) is 0 Å². The van der Waals surface area contributed by atoms with E-state index in [0.717, 1.165) is 11.9 Å². The van der Waals surface area contributed by atoms with Crippen LogP contribution in [0.15, 0.2) is 11.6 Å². The molecular weight excluding hydrogens is 146 g/mol. The summed E-state index contributed by atoms with van der Waals surface area (Å²) < 4.78 is 0. The molecular formula is C7H13NO3. The molecule has 0 saturated heterocycles. The first-order valence-electron chi connectivity index (χ1n) is 3.05. The number of rotatable bonds is 2. The van der Waals surface area contributed by atoms with Crippen LogP contribution in [0.2, 0.25) is 0 Å². The molecule has 0 saturated carbocycles. The van der Waals surface area contributed by atoms with E-state index in [1.165, 1.54) is 6.08 Å². The van der Waals surface area contributed by atoms with Crippen LogP contribution in [0.1, 0.15) is 13.8 Å². The van der Waals surface area contributed by atoms with Crippen LogP contribution in [-0.2, 0) is 9.59 Å². The van der Waals surface area contributed by atoms with Crippen LogP contribution >= 0.6 is 0 Å². The molecule has 0 aromatic carbocycles. The number of hydrogen-bond donors (Lipinski definition) is 2. The Bertz CT molecular complexity index is 148. The minimum Gasteiger partial charge on any atom is -0.480 e. The number of carboxylic acids is 1. The van der Waals surface area contributed by atoms with Gasteiger partial charge in [0.1, 0.15) is 6.29 Å². The van der Waals surface area contributed by atoms with E-state index in [4.69, 9.17) is 5.11 Å². The summed E-state index contributed by atoms with van der Waals surface area (Å²) in [6.07, 6.45) is 2.31. The minimum absolute atomic E-state index is 0.278. The lowest BCUT2D eigenvalue weighted by molar-refractivity contribution is -0.135. The fraction of sp³-hybridized carbons (Fsp3) is 0.429. The highest BCUT2D eigenvalue weighted by atomic mass is 16.4. The number of aliphatic carboxylic acids is 1. The van der Waals surface area contributed by atoms with Gasteiger partial charge in [0.05, 0.1) is 6.54 Å². The maximum atomic E-state index is 9.54. The standard InChI is InChI=1S/C5H8O.C2H5NO2/c1-5(2)3-4-6;3-1-2(4)5/h3-4H,1-2H3;1,3H2,(H,4,5). The number of carboxylic acid groups (broad SMARTS) is 1. The van der Waals surface area contributed by atoms with Crippen LogP contribution in [0.25, 0.3) is 0 Å². The third-order valence-electron chi connectivity index (χ3n) is 0.576. The molecule has 0 aliphatic carbocycles. The number of carbonyl (C=O) groups is 2. The van der Waals surface area contributed by atoms with Crippen molar-refractivity contribution >= 4 is 12.3 Å². The maximum Gasteiger partial charge on any atom is 0.317 e. The van der Waals surface area contributed by atoms with Gasteiger partial charge in [0.15, 0.2) is 0 Å². The second-order valence-electron chi connectivity index (χ2n) is 1.98. The molecule has 0 fully saturated rings.